The number of para-hydroxylation sites is 1. The van der Waals surface area contributed by atoms with Crippen molar-refractivity contribution in [3.63, 3.8) is 0 Å². The Morgan fingerprint density at radius 1 is 0.900 bits per heavy atom. The highest BCUT2D eigenvalue weighted by Crippen LogP contribution is 2.43. The number of H-pyrrole nitrogens is 1. The van der Waals surface area contributed by atoms with Crippen molar-refractivity contribution < 1.29 is 23.4 Å². The lowest BCUT2D eigenvalue weighted by atomic mass is 9.90. The Morgan fingerprint density at radius 2 is 1.60 bits per heavy atom. The standard InChI is InChI=1S/C22H13ClF3NO3/c23-12-6-9-17(29)15(10-12)19-14-2-1-3-16(22(24,25)26)20(14)27-21(30)18(19)11-4-7-13(28)8-5-11/h1-10,28-29H,(H,27,30). The van der Waals surface area contributed by atoms with E-state index in [0.717, 1.165) is 6.07 Å². The zero-order valence-electron chi connectivity index (χ0n) is 15.1. The molecule has 0 atom stereocenters. The fourth-order valence-corrected chi connectivity index (χ4v) is 3.62. The van der Waals surface area contributed by atoms with Gasteiger partial charge in [0.2, 0.25) is 0 Å². The van der Waals surface area contributed by atoms with Gasteiger partial charge < -0.3 is 15.2 Å². The zero-order chi connectivity index (χ0) is 21.6. The average Bonchev–Trinajstić information content (AvgIpc) is 2.68. The quantitative estimate of drug-likeness (QED) is 0.367. The maximum absolute atomic E-state index is 13.6. The monoisotopic (exact) mass is 431 g/mol. The van der Waals surface area contributed by atoms with E-state index in [2.05, 4.69) is 4.98 Å². The number of fused-ring (bicyclic) bond motifs is 1. The van der Waals surface area contributed by atoms with Crippen LogP contribution >= 0.6 is 11.6 Å². The number of pyridine rings is 1. The molecule has 1 aromatic heterocycles. The second-order valence-electron chi connectivity index (χ2n) is 6.64. The third kappa shape index (κ3) is 3.37. The van der Waals surface area contributed by atoms with E-state index in [4.69, 9.17) is 11.6 Å². The number of aromatic amines is 1. The van der Waals surface area contributed by atoms with Gasteiger partial charge in [0.1, 0.15) is 11.5 Å². The molecule has 1 heterocycles. The van der Waals surface area contributed by atoms with Crippen molar-refractivity contribution in [2.45, 2.75) is 6.18 Å². The summed E-state index contributed by atoms with van der Waals surface area (Å²) < 4.78 is 40.7. The molecule has 0 saturated carbocycles. The molecule has 4 rings (SSSR count). The maximum atomic E-state index is 13.6. The minimum absolute atomic E-state index is 0.0394. The lowest BCUT2D eigenvalue weighted by Gasteiger charge is -2.17. The SMILES string of the molecule is O=c1[nH]c2c(C(F)(F)F)cccc2c(-c2cc(Cl)ccc2O)c1-c1ccc(O)cc1. The molecule has 0 spiro atoms. The smallest absolute Gasteiger partial charge is 0.418 e. The molecule has 152 valence electrons. The minimum Gasteiger partial charge on any atom is -0.508 e. The van der Waals surface area contributed by atoms with Crippen LogP contribution in [0.2, 0.25) is 5.02 Å². The predicted octanol–water partition coefficient (Wildman–Crippen LogP) is 5.95. The summed E-state index contributed by atoms with van der Waals surface area (Å²) in [5.74, 6) is -0.286. The van der Waals surface area contributed by atoms with Crippen molar-refractivity contribution in [3.8, 4) is 33.8 Å². The van der Waals surface area contributed by atoms with Gasteiger partial charge in [-0.15, -0.1) is 0 Å². The summed E-state index contributed by atoms with van der Waals surface area (Å²) in [4.78, 5) is 15.3. The van der Waals surface area contributed by atoms with Crippen LogP contribution in [0, 0.1) is 0 Å². The molecule has 4 nitrogen and oxygen atoms in total. The van der Waals surface area contributed by atoms with Crippen LogP contribution in [0.4, 0.5) is 13.2 Å². The number of phenolic OH excluding ortho intramolecular Hbond substituents is 2. The third-order valence-electron chi connectivity index (χ3n) is 4.74. The van der Waals surface area contributed by atoms with E-state index < -0.39 is 22.8 Å². The number of halogens is 4. The van der Waals surface area contributed by atoms with Gasteiger partial charge in [-0.3, -0.25) is 4.79 Å². The second-order valence-corrected chi connectivity index (χ2v) is 7.07. The third-order valence-corrected chi connectivity index (χ3v) is 4.97. The summed E-state index contributed by atoms with van der Waals surface area (Å²) in [7, 11) is 0. The van der Waals surface area contributed by atoms with Crippen LogP contribution in [0.3, 0.4) is 0 Å². The first kappa shape index (κ1) is 19.8. The van der Waals surface area contributed by atoms with E-state index in [9.17, 15) is 28.2 Å². The van der Waals surface area contributed by atoms with Gasteiger partial charge in [-0.25, -0.2) is 0 Å². The number of phenols is 2. The van der Waals surface area contributed by atoms with E-state index >= 15 is 0 Å². The van der Waals surface area contributed by atoms with Crippen molar-refractivity contribution in [2.75, 3.05) is 0 Å². The van der Waals surface area contributed by atoms with Crippen molar-refractivity contribution >= 4 is 22.5 Å². The van der Waals surface area contributed by atoms with Crippen LogP contribution in [0.25, 0.3) is 33.2 Å². The normalized spacial score (nSPS) is 11.7. The Morgan fingerprint density at radius 3 is 2.27 bits per heavy atom. The van der Waals surface area contributed by atoms with Crippen molar-refractivity contribution in [1.82, 2.24) is 4.98 Å². The van der Waals surface area contributed by atoms with Gasteiger partial charge in [-0.1, -0.05) is 35.9 Å². The summed E-state index contributed by atoms with van der Waals surface area (Å²) in [6.45, 7) is 0. The fourth-order valence-electron chi connectivity index (χ4n) is 3.45. The summed E-state index contributed by atoms with van der Waals surface area (Å²) in [6.07, 6.45) is -4.70. The lowest BCUT2D eigenvalue weighted by Crippen LogP contribution is -2.15. The van der Waals surface area contributed by atoms with E-state index in [1.807, 2.05) is 0 Å². The molecule has 0 aliphatic heterocycles. The number of benzene rings is 3. The number of hydrogen-bond donors (Lipinski definition) is 3. The van der Waals surface area contributed by atoms with Crippen LogP contribution in [-0.2, 0) is 6.18 Å². The van der Waals surface area contributed by atoms with E-state index in [0.29, 0.717) is 5.56 Å². The molecule has 3 aromatic carbocycles. The molecular formula is C22H13ClF3NO3. The van der Waals surface area contributed by atoms with E-state index in [-0.39, 0.29) is 38.6 Å². The predicted molar refractivity (Wildman–Crippen MR) is 109 cm³/mol. The Balaban J connectivity index is 2.22. The molecule has 0 radical (unpaired) electrons. The first-order valence-electron chi connectivity index (χ1n) is 8.71. The van der Waals surface area contributed by atoms with Crippen LogP contribution < -0.4 is 5.56 Å². The molecule has 3 N–H and O–H groups in total. The average molecular weight is 432 g/mol. The highest BCUT2D eigenvalue weighted by Gasteiger charge is 2.34. The van der Waals surface area contributed by atoms with Gasteiger partial charge in [0.25, 0.3) is 5.56 Å². The second kappa shape index (κ2) is 7.11. The number of aromatic hydroxyl groups is 2. The van der Waals surface area contributed by atoms with E-state index in [1.165, 1.54) is 54.6 Å². The van der Waals surface area contributed by atoms with Crippen molar-refractivity contribution in [2.24, 2.45) is 0 Å². The summed E-state index contributed by atoms with van der Waals surface area (Å²) in [6, 6.07) is 13.3. The highest BCUT2D eigenvalue weighted by molar-refractivity contribution is 6.31. The van der Waals surface area contributed by atoms with Crippen LogP contribution in [-0.4, -0.2) is 15.2 Å². The number of hydrogen-bond acceptors (Lipinski definition) is 3. The van der Waals surface area contributed by atoms with Crippen LogP contribution in [0.1, 0.15) is 5.56 Å². The molecule has 0 aliphatic carbocycles. The first-order valence-corrected chi connectivity index (χ1v) is 9.09. The van der Waals surface area contributed by atoms with Gasteiger partial charge in [0.05, 0.1) is 16.6 Å². The highest BCUT2D eigenvalue weighted by atomic mass is 35.5. The number of nitrogens with one attached hydrogen (secondary N) is 1. The molecule has 30 heavy (non-hydrogen) atoms. The summed E-state index contributed by atoms with van der Waals surface area (Å²) in [5, 5.41) is 20.3. The van der Waals surface area contributed by atoms with Gasteiger partial charge in [-0.2, -0.15) is 13.2 Å². The number of rotatable bonds is 2. The Hall–Kier alpha value is -3.45. The molecule has 0 fully saturated rings. The molecule has 4 aromatic rings. The molecule has 0 saturated heterocycles. The number of alkyl halides is 3. The van der Waals surface area contributed by atoms with Gasteiger partial charge >= 0.3 is 6.18 Å². The molecular weight excluding hydrogens is 419 g/mol. The Kier molecular flexibility index (Phi) is 4.70. The zero-order valence-corrected chi connectivity index (χ0v) is 15.8. The van der Waals surface area contributed by atoms with Crippen molar-refractivity contribution in [1.29, 1.82) is 0 Å². The van der Waals surface area contributed by atoms with Crippen LogP contribution in [0.5, 0.6) is 11.5 Å². The van der Waals surface area contributed by atoms with Gasteiger partial charge in [0.15, 0.2) is 0 Å². The topological polar surface area (TPSA) is 73.3 Å². The lowest BCUT2D eigenvalue weighted by molar-refractivity contribution is -0.136. The molecule has 8 heteroatoms. The number of aromatic nitrogens is 1. The van der Waals surface area contributed by atoms with Crippen LogP contribution in [0.15, 0.2) is 65.5 Å². The largest absolute Gasteiger partial charge is 0.508 e. The van der Waals surface area contributed by atoms with Gasteiger partial charge in [0, 0.05) is 21.5 Å². The fraction of sp³-hybridized carbons (Fsp3) is 0.0455. The minimum atomic E-state index is -4.70. The molecule has 0 aliphatic rings. The summed E-state index contributed by atoms with van der Waals surface area (Å²) in [5.41, 5.74) is -1.57. The maximum Gasteiger partial charge on any atom is 0.418 e. The molecule has 0 unspecified atom stereocenters. The summed E-state index contributed by atoms with van der Waals surface area (Å²) >= 11 is 6.07. The van der Waals surface area contributed by atoms with Crippen molar-refractivity contribution in [3.05, 3.63) is 81.6 Å². The van der Waals surface area contributed by atoms with Gasteiger partial charge in [-0.05, 0) is 42.0 Å². The molecule has 0 amide bonds. The first-order chi connectivity index (χ1) is 14.2. The Labute approximate surface area is 172 Å². The molecule has 0 bridgehead atoms. The van der Waals surface area contributed by atoms with E-state index in [1.54, 1.807) is 0 Å². The Bertz CT molecular complexity index is 1330.